The maximum Gasteiger partial charge on any atom is 0.168 e. The Morgan fingerprint density at radius 2 is 1.95 bits per heavy atom. The second-order valence-corrected chi connectivity index (χ2v) is 5.48. The van der Waals surface area contributed by atoms with Crippen LogP contribution in [0.3, 0.4) is 0 Å². The average molecular weight is 332 g/mol. The summed E-state index contributed by atoms with van der Waals surface area (Å²) in [5, 5.41) is 8.57. The van der Waals surface area contributed by atoms with Crippen molar-refractivity contribution in [3.8, 4) is 11.4 Å². The van der Waals surface area contributed by atoms with Crippen molar-refractivity contribution in [3.05, 3.63) is 52.3 Å². The van der Waals surface area contributed by atoms with E-state index in [1.165, 1.54) is 5.57 Å². The molecule has 1 heterocycles. The van der Waals surface area contributed by atoms with Gasteiger partial charge in [0.25, 0.3) is 0 Å². The quantitative estimate of drug-likeness (QED) is 0.753. The van der Waals surface area contributed by atoms with E-state index in [4.69, 9.17) is 0 Å². The Balaban J connectivity index is 2.64. The van der Waals surface area contributed by atoms with E-state index in [9.17, 15) is 0 Å². The normalized spacial score (nSPS) is 12.8. The second-order valence-electron chi connectivity index (χ2n) is 4.56. The van der Waals surface area contributed by atoms with Crippen molar-refractivity contribution in [2.24, 2.45) is 0 Å². The van der Waals surface area contributed by atoms with Gasteiger partial charge in [-0.1, -0.05) is 40.2 Å². The number of nitrogens with zero attached hydrogens (tertiary/aromatic N) is 3. The van der Waals surface area contributed by atoms with E-state index in [1.54, 1.807) is 0 Å². The lowest BCUT2D eigenvalue weighted by Crippen LogP contribution is -2.03. The summed E-state index contributed by atoms with van der Waals surface area (Å²) < 4.78 is 3.13. The third-order valence-electron chi connectivity index (χ3n) is 3.26. The lowest BCUT2D eigenvalue weighted by atomic mass is 10.1. The fraction of sp³-hybridized carbons (Fsp3) is 0.250. The number of allylic oxidation sites excluding steroid dienone is 4. The highest BCUT2D eigenvalue weighted by atomic mass is 79.9. The molecule has 0 fully saturated rings. The van der Waals surface area contributed by atoms with Gasteiger partial charge in [-0.25, -0.2) is 0 Å². The standard InChI is InChI=1S/C16H18BrN3/c1-5-11(3)15(6-2)20-12(4)18-19-16(20)13-8-7-9-14(17)10-13/h5-10H,1-4H3/b11-5-,15-6+. The van der Waals surface area contributed by atoms with Crippen LogP contribution in [0.4, 0.5) is 0 Å². The number of benzene rings is 1. The predicted octanol–water partition coefficient (Wildman–Crippen LogP) is 4.84. The first-order valence-electron chi connectivity index (χ1n) is 6.56. The van der Waals surface area contributed by atoms with Gasteiger partial charge in [-0.05, 0) is 45.4 Å². The Morgan fingerprint density at radius 1 is 1.20 bits per heavy atom. The van der Waals surface area contributed by atoms with Crippen molar-refractivity contribution < 1.29 is 0 Å². The summed E-state index contributed by atoms with van der Waals surface area (Å²) >= 11 is 3.50. The van der Waals surface area contributed by atoms with Crippen LogP contribution < -0.4 is 0 Å². The molecule has 0 bridgehead atoms. The predicted molar refractivity (Wildman–Crippen MR) is 87.3 cm³/mol. The summed E-state index contributed by atoms with van der Waals surface area (Å²) in [5.41, 5.74) is 3.36. The topological polar surface area (TPSA) is 30.7 Å². The van der Waals surface area contributed by atoms with Crippen molar-refractivity contribution in [1.29, 1.82) is 0 Å². The first-order chi connectivity index (χ1) is 9.58. The summed E-state index contributed by atoms with van der Waals surface area (Å²) in [4.78, 5) is 0. The zero-order chi connectivity index (χ0) is 14.7. The summed E-state index contributed by atoms with van der Waals surface area (Å²) in [5.74, 6) is 1.74. The highest BCUT2D eigenvalue weighted by molar-refractivity contribution is 9.10. The highest BCUT2D eigenvalue weighted by Gasteiger charge is 2.15. The van der Waals surface area contributed by atoms with Crippen LogP contribution in [0, 0.1) is 6.92 Å². The van der Waals surface area contributed by atoms with E-state index < -0.39 is 0 Å². The van der Waals surface area contributed by atoms with Crippen LogP contribution in [0.15, 0.2) is 46.5 Å². The second kappa shape index (κ2) is 6.18. The lowest BCUT2D eigenvalue weighted by Gasteiger charge is -2.13. The molecule has 3 nitrogen and oxygen atoms in total. The van der Waals surface area contributed by atoms with E-state index in [1.807, 2.05) is 39.0 Å². The summed E-state index contributed by atoms with van der Waals surface area (Å²) in [7, 11) is 0. The van der Waals surface area contributed by atoms with Gasteiger partial charge >= 0.3 is 0 Å². The fourth-order valence-electron chi connectivity index (χ4n) is 2.15. The van der Waals surface area contributed by atoms with Crippen LogP contribution in [0.1, 0.15) is 26.6 Å². The molecule has 0 amide bonds. The number of rotatable bonds is 3. The van der Waals surface area contributed by atoms with Crippen LogP contribution in [-0.4, -0.2) is 14.8 Å². The number of halogens is 1. The van der Waals surface area contributed by atoms with Crippen molar-refractivity contribution in [3.63, 3.8) is 0 Å². The van der Waals surface area contributed by atoms with E-state index >= 15 is 0 Å². The van der Waals surface area contributed by atoms with E-state index in [0.717, 1.165) is 27.4 Å². The van der Waals surface area contributed by atoms with Gasteiger partial charge in [0.2, 0.25) is 0 Å². The zero-order valence-corrected chi connectivity index (χ0v) is 13.8. The Morgan fingerprint density at radius 3 is 2.55 bits per heavy atom. The molecule has 0 saturated carbocycles. The van der Waals surface area contributed by atoms with Gasteiger partial charge in [0.15, 0.2) is 5.82 Å². The van der Waals surface area contributed by atoms with Gasteiger partial charge in [-0.15, -0.1) is 10.2 Å². The molecule has 0 radical (unpaired) electrons. The van der Waals surface area contributed by atoms with Gasteiger partial charge in [0, 0.05) is 15.7 Å². The van der Waals surface area contributed by atoms with Gasteiger partial charge in [-0.2, -0.15) is 0 Å². The fourth-order valence-corrected chi connectivity index (χ4v) is 2.55. The van der Waals surface area contributed by atoms with Gasteiger partial charge in [0.05, 0.1) is 0 Å². The maximum atomic E-state index is 4.34. The molecule has 0 atom stereocenters. The molecule has 4 heteroatoms. The minimum atomic E-state index is 0.859. The molecule has 1 aromatic carbocycles. The molecule has 0 spiro atoms. The smallest absolute Gasteiger partial charge is 0.168 e. The molecule has 0 aliphatic heterocycles. The zero-order valence-electron chi connectivity index (χ0n) is 12.2. The van der Waals surface area contributed by atoms with Crippen molar-refractivity contribution in [1.82, 2.24) is 14.8 Å². The number of hydrogen-bond acceptors (Lipinski definition) is 2. The monoisotopic (exact) mass is 331 g/mol. The van der Waals surface area contributed by atoms with Crippen LogP contribution >= 0.6 is 15.9 Å². The Labute approximate surface area is 128 Å². The van der Waals surface area contributed by atoms with Crippen LogP contribution in [-0.2, 0) is 0 Å². The molecule has 0 unspecified atom stereocenters. The third-order valence-corrected chi connectivity index (χ3v) is 3.75. The molecule has 2 aromatic rings. The number of hydrogen-bond donors (Lipinski definition) is 0. The molecular weight excluding hydrogens is 314 g/mol. The van der Waals surface area contributed by atoms with E-state index in [0.29, 0.717) is 0 Å². The first kappa shape index (κ1) is 14.7. The van der Waals surface area contributed by atoms with Gasteiger partial charge in [0.1, 0.15) is 5.82 Å². The number of aryl methyl sites for hydroxylation is 1. The summed E-state index contributed by atoms with van der Waals surface area (Å²) in [6.45, 7) is 8.14. The minimum Gasteiger partial charge on any atom is -0.279 e. The number of aromatic nitrogens is 3. The Bertz CT molecular complexity index is 681. The van der Waals surface area contributed by atoms with Crippen LogP contribution in [0.25, 0.3) is 17.1 Å². The van der Waals surface area contributed by atoms with Gasteiger partial charge in [-0.3, -0.25) is 4.57 Å². The Hall–Kier alpha value is -1.68. The van der Waals surface area contributed by atoms with Gasteiger partial charge < -0.3 is 0 Å². The summed E-state index contributed by atoms with van der Waals surface area (Å²) in [6, 6.07) is 8.11. The van der Waals surface area contributed by atoms with Crippen molar-refractivity contribution in [2.45, 2.75) is 27.7 Å². The van der Waals surface area contributed by atoms with E-state index in [-0.39, 0.29) is 0 Å². The third kappa shape index (κ3) is 2.75. The van der Waals surface area contributed by atoms with E-state index in [2.05, 4.69) is 55.8 Å². The lowest BCUT2D eigenvalue weighted by molar-refractivity contribution is 0.983. The molecule has 0 N–H and O–H groups in total. The average Bonchev–Trinajstić information content (AvgIpc) is 2.82. The maximum absolute atomic E-state index is 4.34. The molecule has 2 rings (SSSR count). The molecular formula is C16H18BrN3. The molecule has 20 heavy (non-hydrogen) atoms. The molecule has 0 aliphatic carbocycles. The van der Waals surface area contributed by atoms with Crippen molar-refractivity contribution in [2.75, 3.05) is 0 Å². The largest absolute Gasteiger partial charge is 0.279 e. The Kier molecular flexibility index (Phi) is 4.55. The van der Waals surface area contributed by atoms with Crippen molar-refractivity contribution >= 4 is 21.6 Å². The molecule has 1 aromatic heterocycles. The highest BCUT2D eigenvalue weighted by Crippen LogP contribution is 2.27. The molecule has 104 valence electrons. The molecule has 0 aliphatic rings. The first-order valence-corrected chi connectivity index (χ1v) is 7.35. The van der Waals surface area contributed by atoms with Crippen LogP contribution in [0.5, 0.6) is 0 Å². The SMILES string of the molecule is C/C=C(C)\C(=C/C)n1c(C)nnc1-c1cccc(Br)c1. The van der Waals surface area contributed by atoms with Crippen LogP contribution in [0.2, 0.25) is 0 Å². The summed E-state index contributed by atoms with van der Waals surface area (Å²) in [6.07, 6.45) is 4.19. The molecule has 0 saturated heterocycles. The minimum absolute atomic E-state index is 0.859.